The molecule has 4 heterocycles. The molecule has 0 bridgehead atoms. The van der Waals surface area contributed by atoms with Crippen LogP contribution in [0.2, 0.25) is 0 Å². The number of rotatable bonds is 8. The van der Waals surface area contributed by atoms with E-state index >= 15 is 0 Å². The molecule has 2 aliphatic carbocycles. The van der Waals surface area contributed by atoms with Crippen LogP contribution in [0, 0.1) is 11.8 Å². The lowest BCUT2D eigenvalue weighted by Gasteiger charge is -2.33. The first kappa shape index (κ1) is 26.9. The molecule has 1 unspecified atom stereocenters. The Bertz CT molecular complexity index is 1730. The first-order valence-electron chi connectivity index (χ1n) is 14.7. The summed E-state index contributed by atoms with van der Waals surface area (Å²) < 4.78 is 0. The van der Waals surface area contributed by atoms with E-state index in [1.54, 1.807) is 30.6 Å². The summed E-state index contributed by atoms with van der Waals surface area (Å²) in [4.78, 5) is 64.7. The second-order valence-electron chi connectivity index (χ2n) is 11.8. The van der Waals surface area contributed by atoms with Crippen molar-refractivity contribution in [2.45, 2.75) is 50.6 Å². The number of aliphatic imine (C=N–C) groups is 1. The molecule has 11 heteroatoms. The number of carbonyl (C=O) groups excluding carboxylic acids is 4. The maximum atomic E-state index is 13.1. The molecule has 0 radical (unpaired) electrons. The first-order valence-corrected chi connectivity index (χ1v) is 14.7. The molecule has 2 saturated carbocycles. The van der Waals surface area contributed by atoms with Gasteiger partial charge in [0.2, 0.25) is 11.8 Å². The molecule has 1 atom stereocenters. The summed E-state index contributed by atoms with van der Waals surface area (Å²) in [5.41, 5.74) is 10.4. The van der Waals surface area contributed by atoms with Crippen LogP contribution in [-0.4, -0.2) is 63.3 Å². The molecule has 4 amide bonds. The van der Waals surface area contributed by atoms with Crippen molar-refractivity contribution >= 4 is 51.9 Å². The van der Waals surface area contributed by atoms with E-state index in [9.17, 15) is 19.2 Å². The van der Waals surface area contributed by atoms with Gasteiger partial charge in [0.1, 0.15) is 6.04 Å². The number of aromatic nitrogens is 2. The topological polar surface area (TPSA) is 160 Å². The predicted octanol–water partition coefficient (Wildman–Crippen LogP) is 3.07. The number of benzene rings is 1. The molecule has 7 rings (SSSR count). The molecular formula is C32H31N7O4. The number of hydrogen-bond acceptors (Lipinski definition) is 9. The molecule has 2 aliphatic heterocycles. The lowest BCUT2D eigenvalue weighted by atomic mass is 9.80. The molecule has 3 fully saturated rings. The minimum absolute atomic E-state index is 0.0894. The number of allylic oxidation sites excluding steroid dienone is 2. The zero-order valence-electron chi connectivity index (χ0n) is 23.5. The summed E-state index contributed by atoms with van der Waals surface area (Å²) in [5, 5.41) is 7.63. The zero-order chi connectivity index (χ0) is 29.7. The normalized spacial score (nSPS) is 24.2. The Morgan fingerprint density at radius 1 is 1.05 bits per heavy atom. The average molecular weight is 578 g/mol. The Morgan fingerprint density at radius 3 is 2.63 bits per heavy atom. The predicted molar refractivity (Wildman–Crippen MR) is 160 cm³/mol. The van der Waals surface area contributed by atoms with Crippen LogP contribution in [0.4, 0.5) is 5.69 Å². The number of fused-ring (bicyclic) bond motifs is 2. The van der Waals surface area contributed by atoms with Gasteiger partial charge in [-0.15, -0.1) is 0 Å². The fraction of sp³-hybridized carbons (Fsp3) is 0.344. The van der Waals surface area contributed by atoms with Crippen LogP contribution in [0.3, 0.4) is 0 Å². The number of nitrogens with zero attached hydrogens (tertiary/aromatic N) is 4. The highest BCUT2D eigenvalue weighted by molar-refractivity contribution is 6.23. The highest BCUT2D eigenvalue weighted by Crippen LogP contribution is 2.38. The van der Waals surface area contributed by atoms with Gasteiger partial charge < -0.3 is 11.1 Å². The Kier molecular flexibility index (Phi) is 6.72. The van der Waals surface area contributed by atoms with Crippen molar-refractivity contribution in [2.75, 3.05) is 11.9 Å². The monoisotopic (exact) mass is 577 g/mol. The third-order valence-corrected chi connectivity index (χ3v) is 8.81. The van der Waals surface area contributed by atoms with Crippen LogP contribution >= 0.6 is 0 Å². The van der Waals surface area contributed by atoms with Gasteiger partial charge in [-0.05, 0) is 79.7 Å². The van der Waals surface area contributed by atoms with E-state index < -0.39 is 29.7 Å². The Balaban J connectivity index is 0.982. The van der Waals surface area contributed by atoms with Crippen LogP contribution in [0.5, 0.6) is 0 Å². The van der Waals surface area contributed by atoms with Gasteiger partial charge in [0.05, 0.1) is 22.9 Å². The third kappa shape index (κ3) is 5.04. The van der Waals surface area contributed by atoms with Crippen LogP contribution in [-0.2, 0) is 9.59 Å². The van der Waals surface area contributed by atoms with Gasteiger partial charge in [-0.25, -0.2) is 0 Å². The van der Waals surface area contributed by atoms with Crippen LogP contribution in [0.1, 0.15) is 64.9 Å². The number of nitrogens with two attached hydrogens (primary N) is 1. The van der Waals surface area contributed by atoms with E-state index in [0.717, 1.165) is 64.0 Å². The van der Waals surface area contributed by atoms with E-state index in [4.69, 9.17) is 10.7 Å². The molecule has 43 heavy (non-hydrogen) atoms. The average Bonchev–Trinajstić information content (AvgIpc) is 3.81. The van der Waals surface area contributed by atoms with Gasteiger partial charge in [-0.2, -0.15) is 0 Å². The van der Waals surface area contributed by atoms with Crippen molar-refractivity contribution < 1.29 is 19.2 Å². The summed E-state index contributed by atoms with van der Waals surface area (Å²) in [6, 6.07) is 8.20. The number of anilines is 1. The summed E-state index contributed by atoms with van der Waals surface area (Å²) in [6.07, 6.45) is 11.5. The Morgan fingerprint density at radius 2 is 1.84 bits per heavy atom. The number of amides is 4. The van der Waals surface area contributed by atoms with E-state index in [2.05, 4.69) is 20.6 Å². The molecule has 1 saturated heterocycles. The molecule has 2 aromatic heterocycles. The maximum Gasteiger partial charge on any atom is 0.262 e. The van der Waals surface area contributed by atoms with E-state index in [1.807, 2.05) is 24.5 Å². The zero-order valence-corrected chi connectivity index (χ0v) is 23.5. The lowest BCUT2D eigenvalue weighted by molar-refractivity contribution is -0.136. The van der Waals surface area contributed by atoms with Gasteiger partial charge in [0.25, 0.3) is 11.8 Å². The molecule has 1 aromatic carbocycles. The fourth-order valence-electron chi connectivity index (χ4n) is 6.12. The molecule has 4 aliphatic rings. The van der Waals surface area contributed by atoms with Crippen molar-refractivity contribution in [3.8, 4) is 0 Å². The molecule has 0 spiro atoms. The molecule has 218 valence electrons. The SMILES string of the molecule is NC(=C(C=NC1CC(CNc2ccc3c(c2)C(=O)N(C2CCC(=O)NC2=O)C3=O)C1)c1nccc2ccncc12)C1CC1. The number of imide groups is 2. The largest absolute Gasteiger partial charge is 0.401 e. The molecule has 3 aromatic rings. The second-order valence-corrected chi connectivity index (χ2v) is 11.8. The van der Waals surface area contributed by atoms with Gasteiger partial charge in [0, 0.05) is 60.1 Å². The van der Waals surface area contributed by atoms with Gasteiger partial charge in [-0.1, -0.05) is 0 Å². The van der Waals surface area contributed by atoms with Crippen LogP contribution in [0.25, 0.3) is 16.3 Å². The van der Waals surface area contributed by atoms with Crippen LogP contribution < -0.4 is 16.4 Å². The van der Waals surface area contributed by atoms with Crippen LogP contribution in [0.15, 0.2) is 59.6 Å². The number of piperidine rings is 1. The Labute approximate surface area is 247 Å². The summed E-state index contributed by atoms with van der Waals surface area (Å²) >= 11 is 0. The standard InChI is InChI=1S/C32H31N7O4/c33-28(19-1-2-19)25(29-24-15-34-9-7-18(24)8-10-35-29)16-37-21-11-17(12-21)14-36-20-3-4-22-23(13-20)32(43)39(31(22)42)26-5-6-27(40)38-30(26)41/h3-4,7-10,13,15-17,19,21,26,36H,1-2,5-6,11-12,14,33H2,(H,38,40,41). The number of pyridine rings is 2. The minimum Gasteiger partial charge on any atom is -0.401 e. The fourth-order valence-corrected chi connectivity index (χ4v) is 6.12. The van der Waals surface area contributed by atoms with E-state index in [1.165, 1.54) is 0 Å². The highest BCUT2D eigenvalue weighted by Gasteiger charge is 2.44. The number of hydrogen-bond donors (Lipinski definition) is 3. The summed E-state index contributed by atoms with van der Waals surface area (Å²) in [6.45, 7) is 0.702. The summed E-state index contributed by atoms with van der Waals surface area (Å²) in [7, 11) is 0. The Hall–Kier alpha value is -4.93. The van der Waals surface area contributed by atoms with Crippen molar-refractivity contribution in [1.82, 2.24) is 20.2 Å². The number of nitrogens with one attached hydrogen (secondary N) is 2. The maximum absolute atomic E-state index is 13.1. The summed E-state index contributed by atoms with van der Waals surface area (Å²) in [5.74, 6) is -1.25. The number of carbonyl (C=O) groups is 4. The second kappa shape index (κ2) is 10.7. The molecular weight excluding hydrogens is 546 g/mol. The van der Waals surface area contributed by atoms with E-state index in [0.29, 0.717) is 18.4 Å². The first-order chi connectivity index (χ1) is 20.9. The molecule has 11 nitrogen and oxygen atoms in total. The van der Waals surface area contributed by atoms with Crippen molar-refractivity contribution in [1.29, 1.82) is 0 Å². The van der Waals surface area contributed by atoms with Gasteiger partial charge >= 0.3 is 0 Å². The third-order valence-electron chi connectivity index (χ3n) is 8.81. The lowest BCUT2D eigenvalue weighted by Crippen LogP contribution is -2.54. The van der Waals surface area contributed by atoms with Crippen molar-refractivity contribution in [2.24, 2.45) is 22.6 Å². The van der Waals surface area contributed by atoms with Gasteiger partial charge in [0.15, 0.2) is 0 Å². The quantitative estimate of drug-likeness (QED) is 0.272. The van der Waals surface area contributed by atoms with Crippen molar-refractivity contribution in [3.63, 3.8) is 0 Å². The highest BCUT2D eigenvalue weighted by atomic mass is 16.2. The smallest absolute Gasteiger partial charge is 0.262 e. The van der Waals surface area contributed by atoms with E-state index in [-0.39, 0.29) is 30.0 Å². The molecule has 4 N–H and O–H groups in total. The van der Waals surface area contributed by atoms with Gasteiger partial charge in [-0.3, -0.25) is 44.4 Å². The van der Waals surface area contributed by atoms with Crippen molar-refractivity contribution in [3.05, 3.63) is 71.4 Å². The minimum atomic E-state index is -0.975.